The molecular formula is C18H20FNO2S. The molecule has 0 saturated carbocycles. The second kappa shape index (κ2) is 6.42. The number of benzene rings is 2. The molecule has 0 bridgehead atoms. The van der Waals surface area contributed by atoms with Crippen molar-refractivity contribution in [1.29, 1.82) is 0 Å². The fraction of sp³-hybridized carbons (Fsp3) is 0.333. The van der Waals surface area contributed by atoms with Crippen LogP contribution < -0.4 is 0 Å². The number of hydrogen-bond acceptors (Lipinski definition) is 2. The zero-order chi connectivity index (χ0) is 16.4. The fourth-order valence-electron chi connectivity index (χ4n) is 3.19. The van der Waals surface area contributed by atoms with Crippen molar-refractivity contribution in [3.05, 3.63) is 71.0 Å². The molecule has 5 heteroatoms. The second-order valence-electron chi connectivity index (χ2n) is 6.01. The molecule has 0 N–H and O–H groups in total. The molecule has 3 rings (SSSR count). The van der Waals surface area contributed by atoms with Gasteiger partial charge in [-0.3, -0.25) is 0 Å². The first-order valence-corrected chi connectivity index (χ1v) is 9.36. The average Bonchev–Trinajstić information content (AvgIpc) is 2.55. The molecule has 1 atom stereocenters. The zero-order valence-corrected chi connectivity index (χ0v) is 13.9. The molecule has 0 aromatic heterocycles. The predicted octanol–water partition coefficient (Wildman–Crippen LogP) is 3.66. The van der Waals surface area contributed by atoms with Crippen LogP contribution in [0.2, 0.25) is 0 Å². The van der Waals surface area contributed by atoms with Gasteiger partial charge in [0.25, 0.3) is 0 Å². The van der Waals surface area contributed by atoms with Crippen molar-refractivity contribution >= 4 is 10.0 Å². The van der Waals surface area contributed by atoms with E-state index in [1.807, 2.05) is 18.2 Å². The summed E-state index contributed by atoms with van der Waals surface area (Å²) in [6.07, 6.45) is 2.81. The third-order valence-electron chi connectivity index (χ3n) is 4.48. The van der Waals surface area contributed by atoms with Gasteiger partial charge in [0.15, 0.2) is 0 Å². The van der Waals surface area contributed by atoms with Gasteiger partial charge in [0.2, 0.25) is 10.0 Å². The van der Waals surface area contributed by atoms with Crippen LogP contribution in [0.15, 0.2) is 48.5 Å². The fourth-order valence-corrected chi connectivity index (χ4v) is 4.62. The van der Waals surface area contributed by atoms with Crippen LogP contribution in [0.5, 0.6) is 0 Å². The van der Waals surface area contributed by atoms with Gasteiger partial charge < -0.3 is 0 Å². The van der Waals surface area contributed by atoms with E-state index in [9.17, 15) is 12.8 Å². The molecule has 0 aliphatic heterocycles. The summed E-state index contributed by atoms with van der Waals surface area (Å²) >= 11 is 0. The number of nitrogens with zero attached hydrogens (tertiary/aromatic N) is 1. The van der Waals surface area contributed by atoms with Crippen LogP contribution in [0.25, 0.3) is 0 Å². The van der Waals surface area contributed by atoms with E-state index in [0.29, 0.717) is 5.56 Å². The molecule has 0 unspecified atom stereocenters. The predicted molar refractivity (Wildman–Crippen MR) is 88.9 cm³/mol. The van der Waals surface area contributed by atoms with Crippen molar-refractivity contribution in [2.24, 2.45) is 0 Å². The summed E-state index contributed by atoms with van der Waals surface area (Å²) in [5.41, 5.74) is 2.93. The summed E-state index contributed by atoms with van der Waals surface area (Å²) in [6.45, 7) is 0. The van der Waals surface area contributed by atoms with Gasteiger partial charge in [-0.05, 0) is 48.1 Å². The highest BCUT2D eigenvalue weighted by Crippen LogP contribution is 2.35. The molecule has 0 saturated heterocycles. The molecular weight excluding hydrogens is 313 g/mol. The summed E-state index contributed by atoms with van der Waals surface area (Å²) in [6, 6.07) is 13.6. The van der Waals surface area contributed by atoms with Crippen molar-refractivity contribution in [3.8, 4) is 0 Å². The van der Waals surface area contributed by atoms with Crippen molar-refractivity contribution in [3.63, 3.8) is 0 Å². The molecule has 0 spiro atoms. The van der Waals surface area contributed by atoms with Crippen molar-refractivity contribution in [1.82, 2.24) is 4.31 Å². The second-order valence-corrected chi connectivity index (χ2v) is 8.03. The standard InChI is InChI=1S/C18H20FNO2S/c1-20(18-8-4-6-15-5-2-3-7-17(15)18)23(21,22)13-14-9-11-16(19)12-10-14/h2-3,5,7,9-12,18H,4,6,8,13H2,1H3/t18-/m1/s1. The highest BCUT2D eigenvalue weighted by atomic mass is 32.2. The SMILES string of the molecule is CN([C@@H]1CCCc2ccccc21)S(=O)(=O)Cc1ccc(F)cc1. The zero-order valence-electron chi connectivity index (χ0n) is 13.1. The van der Waals surface area contributed by atoms with E-state index in [0.717, 1.165) is 24.8 Å². The average molecular weight is 333 g/mol. The van der Waals surface area contributed by atoms with Crippen LogP contribution in [0, 0.1) is 5.82 Å². The highest BCUT2D eigenvalue weighted by molar-refractivity contribution is 7.88. The first-order chi connectivity index (χ1) is 11.0. The Morgan fingerprint density at radius 3 is 2.57 bits per heavy atom. The maximum Gasteiger partial charge on any atom is 0.218 e. The maximum atomic E-state index is 13.0. The van der Waals surface area contributed by atoms with E-state index in [1.165, 1.54) is 34.1 Å². The van der Waals surface area contributed by atoms with Crippen molar-refractivity contribution in [2.75, 3.05) is 7.05 Å². The van der Waals surface area contributed by atoms with Gasteiger partial charge in [0, 0.05) is 13.1 Å². The Bertz CT molecular complexity index is 787. The van der Waals surface area contributed by atoms with E-state index < -0.39 is 10.0 Å². The highest BCUT2D eigenvalue weighted by Gasteiger charge is 2.30. The monoisotopic (exact) mass is 333 g/mol. The summed E-state index contributed by atoms with van der Waals surface area (Å²) in [4.78, 5) is 0. The lowest BCUT2D eigenvalue weighted by Crippen LogP contribution is -2.34. The minimum Gasteiger partial charge on any atom is -0.212 e. The Balaban J connectivity index is 1.84. The number of aryl methyl sites for hydroxylation is 1. The van der Waals surface area contributed by atoms with Crippen molar-refractivity contribution in [2.45, 2.75) is 31.1 Å². The topological polar surface area (TPSA) is 37.4 Å². The van der Waals surface area contributed by atoms with Crippen LogP contribution in [0.3, 0.4) is 0 Å². The largest absolute Gasteiger partial charge is 0.218 e. The molecule has 1 aliphatic rings. The third-order valence-corrected chi connectivity index (χ3v) is 6.31. The van der Waals surface area contributed by atoms with Gasteiger partial charge in [-0.2, -0.15) is 4.31 Å². The molecule has 2 aromatic rings. The van der Waals surface area contributed by atoms with E-state index in [4.69, 9.17) is 0 Å². The van der Waals surface area contributed by atoms with Crippen LogP contribution in [0.4, 0.5) is 4.39 Å². The van der Waals surface area contributed by atoms with Crippen LogP contribution in [-0.2, 0) is 22.2 Å². The molecule has 0 radical (unpaired) electrons. The van der Waals surface area contributed by atoms with Gasteiger partial charge in [0.1, 0.15) is 5.82 Å². The number of halogens is 1. The first-order valence-electron chi connectivity index (χ1n) is 7.75. The molecule has 122 valence electrons. The number of fused-ring (bicyclic) bond motifs is 1. The maximum absolute atomic E-state index is 13.0. The molecule has 2 aromatic carbocycles. The van der Waals surface area contributed by atoms with Gasteiger partial charge in [-0.15, -0.1) is 0 Å². The summed E-state index contributed by atoms with van der Waals surface area (Å²) in [7, 11) is -1.81. The Labute approximate surface area is 136 Å². The lowest BCUT2D eigenvalue weighted by atomic mass is 9.88. The summed E-state index contributed by atoms with van der Waals surface area (Å²) in [5.74, 6) is -0.469. The molecule has 0 amide bonds. The van der Waals surface area contributed by atoms with E-state index in [2.05, 4.69) is 6.07 Å². The first kappa shape index (κ1) is 16.1. The summed E-state index contributed by atoms with van der Waals surface area (Å²) in [5, 5.41) is 0. The molecule has 3 nitrogen and oxygen atoms in total. The van der Waals surface area contributed by atoms with Gasteiger partial charge in [0.05, 0.1) is 5.75 Å². The Kier molecular flexibility index (Phi) is 4.50. The Morgan fingerprint density at radius 2 is 1.83 bits per heavy atom. The van der Waals surface area contributed by atoms with E-state index in [1.54, 1.807) is 7.05 Å². The number of hydrogen-bond donors (Lipinski definition) is 0. The quantitative estimate of drug-likeness (QED) is 0.856. The Morgan fingerprint density at radius 1 is 1.13 bits per heavy atom. The van der Waals surface area contributed by atoms with Crippen LogP contribution >= 0.6 is 0 Å². The number of sulfonamides is 1. The van der Waals surface area contributed by atoms with Crippen molar-refractivity contribution < 1.29 is 12.8 Å². The minimum absolute atomic E-state index is 0.109. The van der Waals surface area contributed by atoms with E-state index in [-0.39, 0.29) is 17.6 Å². The normalized spacial score (nSPS) is 18.0. The number of rotatable bonds is 4. The molecule has 0 fully saturated rings. The third kappa shape index (κ3) is 3.46. The van der Waals surface area contributed by atoms with Gasteiger partial charge in [-0.25, -0.2) is 12.8 Å². The molecule has 0 heterocycles. The summed E-state index contributed by atoms with van der Waals surface area (Å²) < 4.78 is 39.9. The van der Waals surface area contributed by atoms with Crippen LogP contribution in [0.1, 0.15) is 35.6 Å². The lowest BCUT2D eigenvalue weighted by Gasteiger charge is -2.32. The van der Waals surface area contributed by atoms with Gasteiger partial charge in [-0.1, -0.05) is 36.4 Å². The molecule has 1 aliphatic carbocycles. The van der Waals surface area contributed by atoms with E-state index >= 15 is 0 Å². The van der Waals surface area contributed by atoms with Gasteiger partial charge >= 0.3 is 0 Å². The lowest BCUT2D eigenvalue weighted by molar-refractivity contribution is 0.337. The minimum atomic E-state index is -3.46. The molecule has 23 heavy (non-hydrogen) atoms. The Hall–Kier alpha value is -1.72. The smallest absolute Gasteiger partial charge is 0.212 e. The van der Waals surface area contributed by atoms with Crippen LogP contribution in [-0.4, -0.2) is 19.8 Å².